The molecule has 0 aliphatic carbocycles. The number of hydrogen-bond acceptors (Lipinski definition) is 4. The van der Waals surface area contributed by atoms with Crippen molar-refractivity contribution in [2.45, 2.75) is 40.2 Å². The number of nitrogens with zero attached hydrogens (tertiary/aromatic N) is 4. The number of piperazine rings is 1. The maximum absolute atomic E-state index is 4.49. The second-order valence-corrected chi connectivity index (χ2v) is 7.82. The first-order chi connectivity index (χ1) is 13.0. The molecule has 5 nitrogen and oxygen atoms in total. The molecule has 0 bridgehead atoms. The number of anilines is 1. The molecule has 1 N–H and O–H groups in total. The minimum absolute atomic E-state index is 0.931. The van der Waals surface area contributed by atoms with Crippen molar-refractivity contribution in [1.29, 1.82) is 0 Å². The Bertz CT molecular complexity index is 728. The van der Waals surface area contributed by atoms with Crippen LogP contribution in [0.2, 0.25) is 0 Å². The zero-order valence-corrected chi connectivity index (χ0v) is 17.5. The fraction of sp³-hybridized carbons (Fsp3) is 0.591. The molecule has 0 atom stereocenters. The first kappa shape index (κ1) is 19.9. The van der Waals surface area contributed by atoms with E-state index in [-0.39, 0.29) is 0 Å². The number of hydrogen-bond donors (Lipinski definition) is 1. The van der Waals surface area contributed by atoms with Crippen molar-refractivity contribution in [3.8, 4) is 0 Å². The van der Waals surface area contributed by atoms with Crippen LogP contribution in [0, 0.1) is 20.8 Å². The largest absolute Gasteiger partial charge is 0.369 e. The number of nitrogens with one attached hydrogen (secondary N) is 1. The number of rotatable bonds is 8. The van der Waals surface area contributed by atoms with Crippen LogP contribution in [0.3, 0.4) is 0 Å². The van der Waals surface area contributed by atoms with Crippen LogP contribution in [0.4, 0.5) is 5.69 Å². The van der Waals surface area contributed by atoms with E-state index in [9.17, 15) is 0 Å². The summed E-state index contributed by atoms with van der Waals surface area (Å²) in [5.41, 5.74) is 6.49. The van der Waals surface area contributed by atoms with Crippen LogP contribution in [0.25, 0.3) is 0 Å². The fourth-order valence-corrected chi connectivity index (χ4v) is 3.93. The highest BCUT2D eigenvalue weighted by atomic mass is 15.3. The van der Waals surface area contributed by atoms with Gasteiger partial charge in [0.2, 0.25) is 0 Å². The van der Waals surface area contributed by atoms with Crippen molar-refractivity contribution in [1.82, 2.24) is 20.0 Å². The lowest BCUT2D eigenvalue weighted by molar-refractivity contribution is 0.252. The Balaban J connectivity index is 1.29. The van der Waals surface area contributed by atoms with E-state index in [1.807, 2.05) is 11.7 Å². The summed E-state index contributed by atoms with van der Waals surface area (Å²) < 4.78 is 1.97. The molecule has 0 saturated carbocycles. The van der Waals surface area contributed by atoms with Crippen molar-refractivity contribution >= 4 is 5.69 Å². The van der Waals surface area contributed by atoms with Crippen LogP contribution in [-0.4, -0.2) is 53.9 Å². The van der Waals surface area contributed by atoms with E-state index >= 15 is 0 Å². The van der Waals surface area contributed by atoms with E-state index in [1.54, 1.807) is 0 Å². The van der Waals surface area contributed by atoms with Gasteiger partial charge in [0.15, 0.2) is 0 Å². The van der Waals surface area contributed by atoms with Crippen LogP contribution < -0.4 is 10.2 Å². The second kappa shape index (κ2) is 9.38. The van der Waals surface area contributed by atoms with Gasteiger partial charge in [-0.2, -0.15) is 5.10 Å². The third-order valence-corrected chi connectivity index (χ3v) is 5.78. The van der Waals surface area contributed by atoms with Crippen LogP contribution in [-0.2, 0) is 13.6 Å². The zero-order chi connectivity index (χ0) is 19.2. The summed E-state index contributed by atoms with van der Waals surface area (Å²) >= 11 is 0. The quantitative estimate of drug-likeness (QED) is 0.726. The zero-order valence-electron chi connectivity index (χ0n) is 17.5. The predicted molar refractivity (Wildman–Crippen MR) is 113 cm³/mol. The summed E-state index contributed by atoms with van der Waals surface area (Å²) in [7, 11) is 2.02. The maximum atomic E-state index is 4.49. The predicted octanol–water partition coefficient (Wildman–Crippen LogP) is 3.04. The first-order valence-electron chi connectivity index (χ1n) is 10.3. The third kappa shape index (κ3) is 5.33. The summed E-state index contributed by atoms with van der Waals surface area (Å²) in [5, 5.41) is 8.07. The van der Waals surface area contributed by atoms with Gasteiger partial charge < -0.3 is 10.2 Å². The number of aromatic nitrogens is 2. The van der Waals surface area contributed by atoms with Crippen molar-refractivity contribution in [2.75, 3.05) is 44.2 Å². The molecule has 0 unspecified atom stereocenters. The van der Waals surface area contributed by atoms with Gasteiger partial charge in [0.25, 0.3) is 0 Å². The van der Waals surface area contributed by atoms with Gasteiger partial charge >= 0.3 is 0 Å². The van der Waals surface area contributed by atoms with Gasteiger partial charge in [-0.05, 0) is 64.4 Å². The smallest absolute Gasteiger partial charge is 0.0641 e. The van der Waals surface area contributed by atoms with Crippen molar-refractivity contribution in [3.63, 3.8) is 0 Å². The van der Waals surface area contributed by atoms with E-state index in [2.05, 4.69) is 65.3 Å². The van der Waals surface area contributed by atoms with Crippen LogP contribution in [0.1, 0.15) is 35.4 Å². The molecular formula is C22H35N5. The summed E-state index contributed by atoms with van der Waals surface area (Å²) in [6.45, 7) is 14.3. The third-order valence-electron chi connectivity index (χ3n) is 5.78. The molecule has 3 rings (SSSR count). The van der Waals surface area contributed by atoms with Crippen LogP contribution >= 0.6 is 0 Å². The number of unbranched alkanes of at least 4 members (excludes halogenated alkanes) is 1. The molecule has 1 aromatic carbocycles. The SMILES string of the molecule is Cc1cccc(N2CCN(CCCCNCc3c(C)nn(C)c3C)CC2)c1. The monoisotopic (exact) mass is 369 g/mol. The molecule has 2 aromatic rings. The van der Waals surface area contributed by atoms with Crippen molar-refractivity contribution in [2.24, 2.45) is 7.05 Å². The summed E-state index contributed by atoms with van der Waals surface area (Å²) in [5.74, 6) is 0. The van der Waals surface area contributed by atoms with E-state index in [0.29, 0.717) is 0 Å². The Morgan fingerprint density at radius 1 is 1.04 bits per heavy atom. The van der Waals surface area contributed by atoms with Crippen LogP contribution in [0.5, 0.6) is 0 Å². The second-order valence-electron chi connectivity index (χ2n) is 7.82. The standard InChI is InChI=1S/C22H35N5/c1-18-8-7-9-21(16-18)27-14-12-26(13-15-27)11-6-5-10-23-17-22-19(2)24-25(4)20(22)3/h7-9,16,23H,5-6,10-15,17H2,1-4H3. The summed E-state index contributed by atoms with van der Waals surface area (Å²) in [4.78, 5) is 5.13. The highest BCUT2D eigenvalue weighted by Gasteiger charge is 2.16. The molecule has 148 valence electrons. The maximum Gasteiger partial charge on any atom is 0.0641 e. The highest BCUT2D eigenvalue weighted by molar-refractivity contribution is 5.48. The molecule has 1 saturated heterocycles. The molecular weight excluding hydrogens is 334 g/mol. The average Bonchev–Trinajstić information content (AvgIpc) is 2.90. The molecule has 5 heteroatoms. The lowest BCUT2D eigenvalue weighted by Crippen LogP contribution is -2.46. The van der Waals surface area contributed by atoms with E-state index in [4.69, 9.17) is 0 Å². The van der Waals surface area contributed by atoms with Gasteiger partial charge in [-0.15, -0.1) is 0 Å². The lowest BCUT2D eigenvalue weighted by Gasteiger charge is -2.36. The van der Waals surface area contributed by atoms with Gasteiger partial charge in [-0.1, -0.05) is 12.1 Å². The molecule has 1 aliphatic rings. The van der Waals surface area contributed by atoms with Gasteiger partial charge in [0, 0.05) is 56.7 Å². The minimum Gasteiger partial charge on any atom is -0.369 e. The van der Waals surface area contributed by atoms with Gasteiger partial charge in [-0.3, -0.25) is 9.58 Å². The topological polar surface area (TPSA) is 36.3 Å². The van der Waals surface area contributed by atoms with E-state index in [0.717, 1.165) is 31.9 Å². The Labute approximate surface area is 164 Å². The molecule has 0 amide bonds. The molecule has 1 aliphatic heterocycles. The normalized spacial score (nSPS) is 15.5. The van der Waals surface area contributed by atoms with E-state index < -0.39 is 0 Å². The summed E-state index contributed by atoms with van der Waals surface area (Å²) in [6.07, 6.45) is 2.50. The van der Waals surface area contributed by atoms with E-state index in [1.165, 1.54) is 55.0 Å². The van der Waals surface area contributed by atoms with Gasteiger partial charge in [-0.25, -0.2) is 0 Å². The van der Waals surface area contributed by atoms with Crippen molar-refractivity contribution < 1.29 is 0 Å². The van der Waals surface area contributed by atoms with Gasteiger partial charge in [0.1, 0.15) is 0 Å². The Morgan fingerprint density at radius 3 is 2.48 bits per heavy atom. The molecule has 1 fully saturated rings. The minimum atomic E-state index is 0.931. The Kier molecular flexibility index (Phi) is 6.91. The molecule has 1 aromatic heterocycles. The number of benzene rings is 1. The van der Waals surface area contributed by atoms with Gasteiger partial charge in [0.05, 0.1) is 5.69 Å². The highest BCUT2D eigenvalue weighted by Crippen LogP contribution is 2.18. The fourth-order valence-electron chi connectivity index (χ4n) is 3.93. The number of aryl methyl sites for hydroxylation is 3. The first-order valence-corrected chi connectivity index (χ1v) is 10.3. The Hall–Kier alpha value is -1.85. The molecule has 2 heterocycles. The Morgan fingerprint density at radius 2 is 1.81 bits per heavy atom. The molecule has 0 radical (unpaired) electrons. The van der Waals surface area contributed by atoms with Crippen LogP contribution in [0.15, 0.2) is 24.3 Å². The summed E-state index contributed by atoms with van der Waals surface area (Å²) in [6, 6.07) is 8.87. The van der Waals surface area contributed by atoms with Crippen molar-refractivity contribution in [3.05, 3.63) is 46.8 Å². The average molecular weight is 370 g/mol. The lowest BCUT2D eigenvalue weighted by atomic mass is 10.2. The molecule has 27 heavy (non-hydrogen) atoms. The molecule has 0 spiro atoms.